The third-order valence-electron chi connectivity index (χ3n) is 4.17. The summed E-state index contributed by atoms with van der Waals surface area (Å²) in [5.74, 6) is -0.0602. The van der Waals surface area contributed by atoms with Crippen molar-refractivity contribution < 1.29 is 14.6 Å². The van der Waals surface area contributed by atoms with Crippen molar-refractivity contribution in [2.75, 3.05) is 7.11 Å². The van der Waals surface area contributed by atoms with Crippen LogP contribution in [0.15, 0.2) is 24.3 Å². The molecule has 0 aromatic heterocycles. The smallest absolute Gasteiger partial charge is 0.335 e. The van der Waals surface area contributed by atoms with E-state index in [1.807, 2.05) is 12.1 Å². The highest BCUT2D eigenvalue weighted by Crippen LogP contribution is 2.29. The van der Waals surface area contributed by atoms with Crippen LogP contribution in [0.25, 0.3) is 0 Å². The molecule has 0 unspecified atom stereocenters. The summed E-state index contributed by atoms with van der Waals surface area (Å²) in [6, 6.07) is 7.26. The number of carboxylic acid groups (broad SMARTS) is 1. The van der Waals surface area contributed by atoms with Gasteiger partial charge in [-0.05, 0) is 62.1 Å². The van der Waals surface area contributed by atoms with E-state index in [0.29, 0.717) is 11.7 Å². The summed E-state index contributed by atoms with van der Waals surface area (Å²) in [6.45, 7) is 0. The van der Waals surface area contributed by atoms with Crippen LogP contribution < -0.4 is 0 Å². The zero-order valence-electron chi connectivity index (χ0n) is 11.5. The molecule has 2 rings (SSSR count). The van der Waals surface area contributed by atoms with Crippen molar-refractivity contribution >= 4 is 5.97 Å². The fraction of sp³-hybridized carbons (Fsp3) is 0.562. The van der Waals surface area contributed by atoms with Gasteiger partial charge in [-0.25, -0.2) is 4.79 Å². The summed E-state index contributed by atoms with van der Waals surface area (Å²) < 4.78 is 5.38. The summed E-state index contributed by atoms with van der Waals surface area (Å²) in [5.41, 5.74) is 1.60. The minimum atomic E-state index is -0.857. The molecular formula is C16H22O3. The highest BCUT2D eigenvalue weighted by Gasteiger charge is 2.20. The molecule has 1 aromatic carbocycles. The Morgan fingerprint density at radius 1 is 1.21 bits per heavy atom. The summed E-state index contributed by atoms with van der Waals surface area (Å²) in [6.07, 6.45) is 7.58. The Hall–Kier alpha value is -1.35. The van der Waals surface area contributed by atoms with Crippen LogP contribution in [-0.4, -0.2) is 24.3 Å². The number of hydrogen-bond donors (Lipinski definition) is 1. The number of rotatable bonds is 5. The standard InChI is InChI=1S/C16H22O3/c1-19-15-10-6-13(7-11-15)3-2-12-4-8-14(9-5-12)16(17)18/h4-5,8-9,13,15H,2-3,6-7,10-11H2,1H3,(H,17,18). The Morgan fingerprint density at radius 3 is 2.37 bits per heavy atom. The van der Waals surface area contributed by atoms with Crippen LogP contribution in [0.1, 0.15) is 48.0 Å². The van der Waals surface area contributed by atoms with Gasteiger partial charge in [0, 0.05) is 7.11 Å². The van der Waals surface area contributed by atoms with Crippen LogP contribution in [0, 0.1) is 5.92 Å². The number of aromatic carboxylic acids is 1. The first-order valence-electron chi connectivity index (χ1n) is 7.04. The fourth-order valence-electron chi connectivity index (χ4n) is 2.84. The van der Waals surface area contributed by atoms with Crippen molar-refractivity contribution in [2.45, 2.75) is 44.6 Å². The van der Waals surface area contributed by atoms with Gasteiger partial charge in [-0.15, -0.1) is 0 Å². The maximum absolute atomic E-state index is 10.8. The molecule has 0 spiro atoms. The largest absolute Gasteiger partial charge is 0.478 e. The Kier molecular flexibility index (Phi) is 4.97. The zero-order valence-corrected chi connectivity index (χ0v) is 11.5. The quantitative estimate of drug-likeness (QED) is 0.883. The lowest BCUT2D eigenvalue weighted by atomic mass is 9.84. The molecule has 1 saturated carbocycles. The van der Waals surface area contributed by atoms with Crippen molar-refractivity contribution in [3.05, 3.63) is 35.4 Å². The molecule has 19 heavy (non-hydrogen) atoms. The Bertz CT molecular complexity index is 403. The second-order valence-electron chi connectivity index (χ2n) is 5.42. The van der Waals surface area contributed by atoms with Crippen LogP contribution in [0.2, 0.25) is 0 Å². The van der Waals surface area contributed by atoms with Crippen LogP contribution in [0.5, 0.6) is 0 Å². The first-order valence-corrected chi connectivity index (χ1v) is 7.04. The topological polar surface area (TPSA) is 46.5 Å². The molecule has 1 aliphatic rings. The summed E-state index contributed by atoms with van der Waals surface area (Å²) in [7, 11) is 1.80. The van der Waals surface area contributed by atoms with Crippen molar-refractivity contribution in [1.82, 2.24) is 0 Å². The van der Waals surface area contributed by atoms with Gasteiger partial charge in [-0.3, -0.25) is 0 Å². The van der Waals surface area contributed by atoms with E-state index in [0.717, 1.165) is 12.3 Å². The molecule has 3 heteroatoms. The van der Waals surface area contributed by atoms with Gasteiger partial charge in [0.25, 0.3) is 0 Å². The number of methoxy groups -OCH3 is 1. The minimum Gasteiger partial charge on any atom is -0.478 e. The van der Waals surface area contributed by atoms with Crippen LogP contribution in [0.3, 0.4) is 0 Å². The lowest BCUT2D eigenvalue weighted by Gasteiger charge is -2.27. The highest BCUT2D eigenvalue weighted by molar-refractivity contribution is 5.87. The second kappa shape index (κ2) is 6.71. The summed E-state index contributed by atoms with van der Waals surface area (Å²) >= 11 is 0. The van der Waals surface area contributed by atoms with Crippen molar-refractivity contribution in [3.8, 4) is 0 Å². The molecular weight excluding hydrogens is 240 g/mol. The van der Waals surface area contributed by atoms with Gasteiger partial charge in [0.2, 0.25) is 0 Å². The van der Waals surface area contributed by atoms with E-state index >= 15 is 0 Å². The molecule has 1 aliphatic carbocycles. The molecule has 104 valence electrons. The van der Waals surface area contributed by atoms with Gasteiger partial charge >= 0.3 is 5.97 Å². The van der Waals surface area contributed by atoms with Crippen LogP contribution in [0.4, 0.5) is 0 Å². The Balaban J connectivity index is 1.78. The maximum atomic E-state index is 10.8. The number of carboxylic acids is 1. The van der Waals surface area contributed by atoms with Crippen LogP contribution >= 0.6 is 0 Å². The van der Waals surface area contributed by atoms with Gasteiger partial charge in [0.05, 0.1) is 11.7 Å². The zero-order chi connectivity index (χ0) is 13.7. The summed E-state index contributed by atoms with van der Waals surface area (Å²) in [5, 5.41) is 8.85. The van der Waals surface area contributed by atoms with Gasteiger partial charge in [0.1, 0.15) is 0 Å². The highest BCUT2D eigenvalue weighted by atomic mass is 16.5. The van der Waals surface area contributed by atoms with Gasteiger partial charge in [0.15, 0.2) is 0 Å². The molecule has 0 atom stereocenters. The van der Waals surface area contributed by atoms with Crippen LogP contribution in [-0.2, 0) is 11.2 Å². The van der Waals surface area contributed by atoms with E-state index in [4.69, 9.17) is 9.84 Å². The molecule has 1 N–H and O–H groups in total. The third-order valence-corrected chi connectivity index (χ3v) is 4.17. The first kappa shape index (κ1) is 14.1. The Labute approximate surface area is 114 Å². The molecule has 1 fully saturated rings. The molecule has 0 bridgehead atoms. The number of carbonyl (C=O) groups is 1. The minimum absolute atomic E-state index is 0.365. The van der Waals surface area contributed by atoms with Crippen molar-refractivity contribution in [3.63, 3.8) is 0 Å². The molecule has 0 saturated heterocycles. The van der Waals surface area contributed by atoms with Crippen molar-refractivity contribution in [1.29, 1.82) is 0 Å². The number of ether oxygens (including phenoxy) is 1. The molecule has 0 aliphatic heterocycles. The number of benzene rings is 1. The predicted molar refractivity (Wildman–Crippen MR) is 74.5 cm³/mol. The predicted octanol–water partition coefficient (Wildman–Crippen LogP) is 3.52. The average molecular weight is 262 g/mol. The SMILES string of the molecule is COC1CCC(CCc2ccc(C(=O)O)cc2)CC1. The summed E-state index contributed by atoms with van der Waals surface area (Å²) in [4.78, 5) is 10.8. The van der Waals surface area contributed by atoms with E-state index in [1.165, 1.54) is 37.7 Å². The Morgan fingerprint density at radius 2 is 1.84 bits per heavy atom. The molecule has 1 aromatic rings. The van der Waals surface area contributed by atoms with Crippen molar-refractivity contribution in [2.24, 2.45) is 5.92 Å². The third kappa shape index (κ3) is 4.06. The lowest BCUT2D eigenvalue weighted by Crippen LogP contribution is -2.20. The maximum Gasteiger partial charge on any atom is 0.335 e. The first-order chi connectivity index (χ1) is 9.19. The van der Waals surface area contributed by atoms with E-state index in [-0.39, 0.29) is 0 Å². The molecule has 0 amide bonds. The van der Waals surface area contributed by atoms with E-state index < -0.39 is 5.97 Å². The van der Waals surface area contributed by atoms with E-state index in [9.17, 15) is 4.79 Å². The number of aryl methyl sites for hydroxylation is 1. The molecule has 0 radical (unpaired) electrons. The molecule has 3 nitrogen and oxygen atoms in total. The van der Waals surface area contributed by atoms with Gasteiger partial charge in [-0.2, -0.15) is 0 Å². The monoisotopic (exact) mass is 262 g/mol. The van der Waals surface area contributed by atoms with E-state index in [2.05, 4.69) is 0 Å². The number of hydrogen-bond acceptors (Lipinski definition) is 2. The van der Waals surface area contributed by atoms with E-state index in [1.54, 1.807) is 19.2 Å². The van der Waals surface area contributed by atoms with Gasteiger partial charge in [-0.1, -0.05) is 12.1 Å². The molecule has 0 heterocycles. The normalized spacial score (nSPS) is 23.2. The average Bonchev–Trinajstić information content (AvgIpc) is 2.46. The van der Waals surface area contributed by atoms with Gasteiger partial charge < -0.3 is 9.84 Å². The second-order valence-corrected chi connectivity index (χ2v) is 5.42. The fourth-order valence-corrected chi connectivity index (χ4v) is 2.84. The lowest BCUT2D eigenvalue weighted by molar-refractivity contribution is 0.0556.